The largest absolute Gasteiger partial charge is 0.394 e. The molecule has 2 heterocycles. The number of hydrogen-bond donors (Lipinski definition) is 2. The number of halogens is 1. The lowest BCUT2D eigenvalue weighted by Crippen LogP contribution is -2.23. The van der Waals surface area contributed by atoms with Gasteiger partial charge in [-0.1, -0.05) is 48.9 Å². The molecular weight excluding hydrogens is 420 g/mol. The van der Waals surface area contributed by atoms with Crippen LogP contribution in [0.5, 0.6) is 0 Å². The average molecular weight is 449 g/mol. The Labute approximate surface area is 194 Å². The standard InChI is InChI=1S/C26H29ClN4O/c1-5-22(15-32)28-25-23-16(2)17(3)31(18(4)19-9-7-6-8-10-19)26(23)30-24(29-25)20-11-13-21(27)14-12-20/h6-14,18,22,32H,5,15H2,1-4H3,(H,28,29,30)/t18-,22-/m1/s1. The number of aliphatic hydroxyl groups is 1. The van der Waals surface area contributed by atoms with E-state index in [9.17, 15) is 5.11 Å². The number of anilines is 1. The van der Waals surface area contributed by atoms with E-state index in [0.29, 0.717) is 10.8 Å². The van der Waals surface area contributed by atoms with E-state index in [0.717, 1.165) is 40.1 Å². The van der Waals surface area contributed by atoms with Gasteiger partial charge >= 0.3 is 0 Å². The molecule has 2 N–H and O–H groups in total. The monoisotopic (exact) mass is 448 g/mol. The third-order valence-electron chi connectivity index (χ3n) is 6.22. The molecule has 4 aromatic rings. The Balaban J connectivity index is 1.98. The summed E-state index contributed by atoms with van der Waals surface area (Å²) in [5, 5.41) is 14.9. The molecule has 2 atom stereocenters. The molecule has 0 aliphatic carbocycles. The number of fused-ring (bicyclic) bond motifs is 1. The van der Waals surface area contributed by atoms with E-state index in [1.165, 1.54) is 5.56 Å². The van der Waals surface area contributed by atoms with Crippen molar-refractivity contribution in [3.8, 4) is 11.4 Å². The Kier molecular flexibility index (Phi) is 6.49. The zero-order chi connectivity index (χ0) is 22.8. The molecule has 4 rings (SSSR count). The van der Waals surface area contributed by atoms with E-state index >= 15 is 0 Å². The van der Waals surface area contributed by atoms with Gasteiger partial charge < -0.3 is 15.0 Å². The fourth-order valence-electron chi connectivity index (χ4n) is 4.15. The van der Waals surface area contributed by atoms with Gasteiger partial charge in [0.2, 0.25) is 0 Å². The first-order chi connectivity index (χ1) is 15.4. The smallest absolute Gasteiger partial charge is 0.163 e. The highest BCUT2D eigenvalue weighted by Crippen LogP contribution is 2.35. The zero-order valence-corrected chi connectivity index (χ0v) is 19.7. The van der Waals surface area contributed by atoms with Crippen molar-refractivity contribution in [1.29, 1.82) is 0 Å². The second-order valence-corrected chi connectivity index (χ2v) is 8.64. The molecule has 2 aromatic carbocycles. The van der Waals surface area contributed by atoms with Crippen molar-refractivity contribution in [1.82, 2.24) is 14.5 Å². The minimum absolute atomic E-state index is 0.0391. The second-order valence-electron chi connectivity index (χ2n) is 8.20. The molecule has 0 unspecified atom stereocenters. The third kappa shape index (κ3) is 4.10. The molecule has 0 amide bonds. The van der Waals surface area contributed by atoms with E-state index in [4.69, 9.17) is 21.6 Å². The van der Waals surface area contributed by atoms with Gasteiger partial charge in [-0.25, -0.2) is 9.97 Å². The van der Waals surface area contributed by atoms with Crippen molar-refractivity contribution in [2.24, 2.45) is 0 Å². The van der Waals surface area contributed by atoms with Crippen LogP contribution in [0.4, 0.5) is 5.82 Å². The van der Waals surface area contributed by atoms with E-state index in [2.05, 4.69) is 54.9 Å². The lowest BCUT2D eigenvalue weighted by atomic mass is 10.1. The molecule has 0 bridgehead atoms. The van der Waals surface area contributed by atoms with Crippen LogP contribution >= 0.6 is 11.6 Å². The van der Waals surface area contributed by atoms with Gasteiger partial charge in [-0.05, 0) is 62.6 Å². The number of aromatic nitrogens is 3. The van der Waals surface area contributed by atoms with Crippen molar-refractivity contribution in [3.05, 3.63) is 76.4 Å². The fraction of sp³-hybridized carbons (Fsp3) is 0.308. The van der Waals surface area contributed by atoms with Crippen LogP contribution < -0.4 is 5.32 Å². The molecule has 5 nitrogen and oxygen atoms in total. The summed E-state index contributed by atoms with van der Waals surface area (Å²) in [6.45, 7) is 8.53. The summed E-state index contributed by atoms with van der Waals surface area (Å²) in [6.07, 6.45) is 0.789. The number of nitrogens with one attached hydrogen (secondary N) is 1. The summed E-state index contributed by atoms with van der Waals surface area (Å²) in [4.78, 5) is 9.92. The van der Waals surface area contributed by atoms with Gasteiger partial charge in [-0.15, -0.1) is 0 Å². The first kappa shape index (κ1) is 22.3. The number of aryl methyl sites for hydroxylation is 1. The number of aliphatic hydroxyl groups excluding tert-OH is 1. The van der Waals surface area contributed by atoms with Crippen LogP contribution in [0.1, 0.15) is 43.1 Å². The Morgan fingerprint density at radius 1 is 1.03 bits per heavy atom. The van der Waals surface area contributed by atoms with Crippen LogP contribution in [-0.4, -0.2) is 32.3 Å². The number of hydrogen-bond acceptors (Lipinski definition) is 4. The van der Waals surface area contributed by atoms with Crippen molar-refractivity contribution in [3.63, 3.8) is 0 Å². The molecule has 0 saturated carbocycles. The Morgan fingerprint density at radius 3 is 2.34 bits per heavy atom. The van der Waals surface area contributed by atoms with Crippen molar-refractivity contribution in [2.75, 3.05) is 11.9 Å². The molecule has 32 heavy (non-hydrogen) atoms. The Morgan fingerprint density at radius 2 is 1.72 bits per heavy atom. The van der Waals surface area contributed by atoms with Crippen LogP contribution in [0.15, 0.2) is 54.6 Å². The highest BCUT2D eigenvalue weighted by molar-refractivity contribution is 6.30. The predicted molar refractivity (Wildman–Crippen MR) is 132 cm³/mol. The van der Waals surface area contributed by atoms with Gasteiger partial charge in [0.15, 0.2) is 5.82 Å². The quantitative estimate of drug-likeness (QED) is 0.355. The molecule has 0 aliphatic heterocycles. The van der Waals surface area contributed by atoms with Crippen LogP contribution in [-0.2, 0) is 0 Å². The average Bonchev–Trinajstić information content (AvgIpc) is 3.07. The van der Waals surface area contributed by atoms with Crippen LogP contribution in [0.3, 0.4) is 0 Å². The minimum Gasteiger partial charge on any atom is -0.394 e. The third-order valence-corrected chi connectivity index (χ3v) is 6.47. The molecule has 0 saturated heterocycles. The summed E-state index contributed by atoms with van der Waals surface area (Å²) < 4.78 is 2.28. The first-order valence-electron chi connectivity index (χ1n) is 11.0. The Hall–Kier alpha value is -2.89. The molecule has 0 aliphatic rings. The lowest BCUT2D eigenvalue weighted by molar-refractivity contribution is 0.271. The van der Waals surface area contributed by atoms with Gasteiger partial charge in [0.1, 0.15) is 11.5 Å². The molecule has 0 radical (unpaired) electrons. The molecule has 0 fully saturated rings. The number of benzene rings is 2. The van der Waals surface area contributed by atoms with E-state index in [1.807, 2.05) is 37.3 Å². The summed E-state index contributed by atoms with van der Waals surface area (Å²) in [7, 11) is 0. The highest BCUT2D eigenvalue weighted by atomic mass is 35.5. The number of nitrogens with zero attached hydrogens (tertiary/aromatic N) is 3. The van der Waals surface area contributed by atoms with Gasteiger partial charge in [-0.2, -0.15) is 0 Å². The summed E-state index contributed by atoms with van der Waals surface area (Å²) in [5.74, 6) is 1.38. The Bertz CT molecular complexity index is 1210. The van der Waals surface area contributed by atoms with Crippen LogP contribution in [0.25, 0.3) is 22.4 Å². The normalized spacial score (nSPS) is 13.3. The van der Waals surface area contributed by atoms with Crippen LogP contribution in [0, 0.1) is 13.8 Å². The van der Waals surface area contributed by atoms with Gasteiger partial charge in [0, 0.05) is 16.3 Å². The summed E-state index contributed by atoms with van der Waals surface area (Å²) in [5.41, 5.74) is 5.29. The van der Waals surface area contributed by atoms with Crippen molar-refractivity contribution < 1.29 is 5.11 Å². The maximum Gasteiger partial charge on any atom is 0.163 e. The maximum absolute atomic E-state index is 9.82. The summed E-state index contributed by atoms with van der Waals surface area (Å²) >= 11 is 6.11. The maximum atomic E-state index is 9.82. The van der Waals surface area contributed by atoms with Gasteiger partial charge in [0.05, 0.1) is 24.1 Å². The zero-order valence-electron chi connectivity index (χ0n) is 18.9. The van der Waals surface area contributed by atoms with Crippen molar-refractivity contribution in [2.45, 2.75) is 46.2 Å². The topological polar surface area (TPSA) is 63.0 Å². The van der Waals surface area contributed by atoms with Gasteiger partial charge in [0.25, 0.3) is 0 Å². The van der Waals surface area contributed by atoms with E-state index in [-0.39, 0.29) is 18.7 Å². The molecule has 166 valence electrons. The van der Waals surface area contributed by atoms with E-state index in [1.54, 1.807) is 0 Å². The molecule has 2 aromatic heterocycles. The van der Waals surface area contributed by atoms with Gasteiger partial charge in [-0.3, -0.25) is 0 Å². The molecule has 6 heteroatoms. The predicted octanol–water partition coefficient (Wildman–Crippen LogP) is 6.16. The first-order valence-corrected chi connectivity index (χ1v) is 11.4. The SMILES string of the molecule is CC[C@H](CO)Nc1nc(-c2ccc(Cl)cc2)nc2c1c(C)c(C)n2[C@H](C)c1ccccc1. The van der Waals surface area contributed by atoms with E-state index < -0.39 is 0 Å². The molecule has 0 spiro atoms. The highest BCUT2D eigenvalue weighted by Gasteiger charge is 2.23. The second kappa shape index (κ2) is 9.31. The fourth-order valence-corrected chi connectivity index (χ4v) is 4.27. The molecular formula is C26H29ClN4O. The summed E-state index contributed by atoms with van der Waals surface area (Å²) in [6, 6.07) is 18.0. The lowest BCUT2D eigenvalue weighted by Gasteiger charge is -2.19. The van der Waals surface area contributed by atoms with Crippen molar-refractivity contribution >= 4 is 28.5 Å². The number of rotatable bonds is 7. The van der Waals surface area contributed by atoms with Crippen LogP contribution in [0.2, 0.25) is 5.02 Å². The minimum atomic E-state index is -0.0826.